The van der Waals surface area contributed by atoms with Crippen LogP contribution >= 0.6 is 0 Å². The van der Waals surface area contributed by atoms with E-state index < -0.39 is 9.84 Å². The first-order valence-corrected chi connectivity index (χ1v) is 9.55. The zero-order valence-corrected chi connectivity index (χ0v) is 14.4. The summed E-state index contributed by atoms with van der Waals surface area (Å²) in [5, 5.41) is 0. The van der Waals surface area contributed by atoms with Gasteiger partial charge in [0.2, 0.25) is 0 Å². The zero-order valence-electron chi connectivity index (χ0n) is 13.6. The Labute approximate surface area is 136 Å². The van der Waals surface area contributed by atoms with E-state index in [1.54, 1.807) is 30.4 Å². The van der Waals surface area contributed by atoms with Crippen LogP contribution in [0.3, 0.4) is 0 Å². The van der Waals surface area contributed by atoms with E-state index in [1.807, 2.05) is 6.07 Å². The van der Waals surface area contributed by atoms with Crippen LogP contribution in [0.1, 0.15) is 36.7 Å². The quantitative estimate of drug-likeness (QED) is 0.858. The second-order valence-electron chi connectivity index (χ2n) is 6.42. The van der Waals surface area contributed by atoms with Crippen LogP contribution in [0.25, 0.3) is 11.0 Å². The van der Waals surface area contributed by atoms with Crippen molar-refractivity contribution in [3.63, 3.8) is 0 Å². The minimum atomic E-state index is -3.01. The highest BCUT2D eigenvalue weighted by atomic mass is 32.2. The normalized spacial score (nSPS) is 20.3. The second kappa shape index (κ2) is 5.63. The van der Waals surface area contributed by atoms with E-state index in [0.717, 1.165) is 11.0 Å². The molecule has 7 heteroatoms. The molecule has 6 nitrogen and oxygen atoms in total. The minimum absolute atomic E-state index is 0.0550. The highest BCUT2D eigenvalue weighted by Gasteiger charge is 2.33. The maximum Gasteiger partial charge on any atom is 0.253 e. The van der Waals surface area contributed by atoms with Gasteiger partial charge in [0, 0.05) is 24.7 Å². The molecule has 1 saturated heterocycles. The number of carbonyl (C=O) groups excluding carboxylic acids is 1. The Hall–Kier alpha value is -1.89. The highest BCUT2D eigenvalue weighted by molar-refractivity contribution is 7.91. The number of aromatic nitrogens is 2. The van der Waals surface area contributed by atoms with Crippen molar-refractivity contribution >= 4 is 26.8 Å². The standard InChI is InChI=1S/C16H21N3O3S/c1-11(2)19-10-17-14-8-12(4-5-15(14)19)16(20)18(3)13-6-7-23(21,22)9-13/h4-5,8,10-11,13H,6-7,9H2,1-3H3. The first kappa shape index (κ1) is 16.0. The summed E-state index contributed by atoms with van der Waals surface area (Å²) >= 11 is 0. The van der Waals surface area contributed by atoms with E-state index in [1.165, 1.54) is 0 Å². The van der Waals surface area contributed by atoms with Crippen molar-refractivity contribution in [3.8, 4) is 0 Å². The number of carbonyl (C=O) groups is 1. The minimum Gasteiger partial charge on any atom is -0.338 e. The van der Waals surface area contributed by atoms with Crippen LogP contribution in [0.4, 0.5) is 0 Å². The number of benzene rings is 1. The lowest BCUT2D eigenvalue weighted by Crippen LogP contribution is -2.37. The van der Waals surface area contributed by atoms with E-state index in [9.17, 15) is 13.2 Å². The Balaban J connectivity index is 1.86. The van der Waals surface area contributed by atoms with Gasteiger partial charge in [0.05, 0.1) is 28.9 Å². The maximum absolute atomic E-state index is 12.6. The van der Waals surface area contributed by atoms with Crippen LogP contribution in [-0.2, 0) is 9.84 Å². The Morgan fingerprint density at radius 2 is 2.13 bits per heavy atom. The third kappa shape index (κ3) is 2.97. The molecule has 0 saturated carbocycles. The maximum atomic E-state index is 12.6. The first-order valence-electron chi connectivity index (χ1n) is 7.72. The van der Waals surface area contributed by atoms with Gasteiger partial charge < -0.3 is 9.47 Å². The Kier molecular flexibility index (Phi) is 3.91. The summed E-state index contributed by atoms with van der Waals surface area (Å²) in [6.07, 6.45) is 2.28. The van der Waals surface area contributed by atoms with Gasteiger partial charge in [-0.15, -0.1) is 0 Å². The second-order valence-corrected chi connectivity index (χ2v) is 8.65. The Morgan fingerprint density at radius 3 is 2.74 bits per heavy atom. The van der Waals surface area contributed by atoms with Crippen LogP contribution in [-0.4, -0.2) is 53.4 Å². The van der Waals surface area contributed by atoms with Crippen LogP contribution in [0.5, 0.6) is 0 Å². The number of fused-ring (bicyclic) bond motifs is 1. The van der Waals surface area contributed by atoms with Gasteiger partial charge in [-0.2, -0.15) is 0 Å². The van der Waals surface area contributed by atoms with Crippen LogP contribution in [0.2, 0.25) is 0 Å². The number of imidazole rings is 1. The fourth-order valence-corrected chi connectivity index (χ4v) is 4.80. The van der Waals surface area contributed by atoms with Crippen LogP contribution < -0.4 is 0 Å². The average Bonchev–Trinajstić information content (AvgIpc) is 3.08. The largest absolute Gasteiger partial charge is 0.338 e. The van der Waals surface area contributed by atoms with E-state index in [4.69, 9.17) is 0 Å². The monoisotopic (exact) mass is 335 g/mol. The number of rotatable bonds is 3. The van der Waals surface area contributed by atoms with Gasteiger partial charge in [-0.25, -0.2) is 13.4 Å². The molecular weight excluding hydrogens is 314 g/mol. The number of sulfone groups is 1. The predicted octanol–water partition coefficient (Wildman–Crippen LogP) is 1.88. The molecule has 0 bridgehead atoms. The summed E-state index contributed by atoms with van der Waals surface area (Å²) in [6, 6.07) is 5.51. The van der Waals surface area contributed by atoms with Gasteiger partial charge in [-0.3, -0.25) is 4.79 Å². The molecule has 124 valence electrons. The topological polar surface area (TPSA) is 72.3 Å². The number of nitrogens with zero attached hydrogens (tertiary/aromatic N) is 3. The van der Waals surface area contributed by atoms with Gasteiger partial charge in [-0.1, -0.05) is 0 Å². The molecule has 0 aliphatic carbocycles. The molecule has 1 aliphatic rings. The lowest BCUT2D eigenvalue weighted by Gasteiger charge is -2.23. The zero-order chi connectivity index (χ0) is 16.8. The molecule has 23 heavy (non-hydrogen) atoms. The van der Waals surface area contributed by atoms with E-state index in [-0.39, 0.29) is 23.5 Å². The average molecular weight is 335 g/mol. The molecule has 1 aromatic heterocycles. The summed E-state index contributed by atoms with van der Waals surface area (Å²) in [7, 11) is -1.34. The van der Waals surface area contributed by atoms with Crippen molar-refractivity contribution in [2.45, 2.75) is 32.4 Å². The fourth-order valence-electron chi connectivity index (χ4n) is 3.03. The lowest BCUT2D eigenvalue weighted by atomic mass is 10.1. The highest BCUT2D eigenvalue weighted by Crippen LogP contribution is 2.22. The number of amides is 1. The van der Waals surface area contributed by atoms with Crippen LogP contribution in [0, 0.1) is 0 Å². The smallest absolute Gasteiger partial charge is 0.253 e. The third-order valence-electron chi connectivity index (χ3n) is 4.45. The molecule has 1 aromatic carbocycles. The lowest BCUT2D eigenvalue weighted by molar-refractivity contribution is 0.0748. The van der Waals surface area contributed by atoms with E-state index in [0.29, 0.717) is 18.0 Å². The van der Waals surface area contributed by atoms with Gasteiger partial charge in [0.15, 0.2) is 9.84 Å². The molecule has 2 heterocycles. The van der Waals surface area contributed by atoms with Gasteiger partial charge >= 0.3 is 0 Å². The number of hydrogen-bond donors (Lipinski definition) is 0. The summed E-state index contributed by atoms with van der Waals surface area (Å²) < 4.78 is 25.2. The Bertz CT molecular complexity index is 855. The van der Waals surface area contributed by atoms with Crippen molar-refractivity contribution in [1.29, 1.82) is 0 Å². The van der Waals surface area contributed by atoms with Gasteiger partial charge in [-0.05, 0) is 38.5 Å². The third-order valence-corrected chi connectivity index (χ3v) is 6.20. The molecule has 3 rings (SSSR count). The Morgan fingerprint density at radius 1 is 1.39 bits per heavy atom. The van der Waals surface area contributed by atoms with Crippen molar-refractivity contribution in [2.75, 3.05) is 18.6 Å². The summed E-state index contributed by atoms with van der Waals surface area (Å²) in [4.78, 5) is 18.5. The summed E-state index contributed by atoms with van der Waals surface area (Å²) in [5.74, 6) is 0.0557. The van der Waals surface area contributed by atoms with Crippen molar-refractivity contribution in [1.82, 2.24) is 14.5 Å². The molecule has 1 unspecified atom stereocenters. The molecule has 1 aliphatic heterocycles. The molecule has 0 radical (unpaired) electrons. The fraction of sp³-hybridized carbons (Fsp3) is 0.500. The molecule has 1 amide bonds. The van der Waals surface area contributed by atoms with Crippen LogP contribution in [0.15, 0.2) is 24.5 Å². The van der Waals surface area contributed by atoms with Crippen molar-refractivity contribution < 1.29 is 13.2 Å². The van der Waals surface area contributed by atoms with E-state index >= 15 is 0 Å². The van der Waals surface area contributed by atoms with Crippen molar-refractivity contribution in [3.05, 3.63) is 30.1 Å². The summed E-state index contributed by atoms with van der Waals surface area (Å²) in [6.45, 7) is 4.16. The molecule has 1 fully saturated rings. The predicted molar refractivity (Wildman–Crippen MR) is 89.3 cm³/mol. The molecule has 0 N–H and O–H groups in total. The molecule has 2 aromatic rings. The van der Waals surface area contributed by atoms with Gasteiger partial charge in [0.25, 0.3) is 5.91 Å². The van der Waals surface area contributed by atoms with Gasteiger partial charge in [0.1, 0.15) is 0 Å². The molecule has 0 spiro atoms. The summed E-state index contributed by atoms with van der Waals surface area (Å²) in [5.41, 5.74) is 2.30. The van der Waals surface area contributed by atoms with Crippen molar-refractivity contribution in [2.24, 2.45) is 0 Å². The molecule has 1 atom stereocenters. The molecular formula is C16H21N3O3S. The number of hydrogen-bond acceptors (Lipinski definition) is 4. The SMILES string of the molecule is CC(C)n1cnc2cc(C(=O)N(C)C3CCS(=O)(=O)C3)ccc21. The van der Waals surface area contributed by atoms with E-state index in [2.05, 4.69) is 23.4 Å². The first-order chi connectivity index (χ1) is 10.8.